The Kier molecular flexibility index (Phi) is 2.81. The molecule has 0 aromatic carbocycles. The van der Waals surface area contributed by atoms with Crippen molar-refractivity contribution in [2.75, 3.05) is 0 Å². The van der Waals surface area contributed by atoms with Gasteiger partial charge in [-0.3, -0.25) is 0 Å². The summed E-state index contributed by atoms with van der Waals surface area (Å²) in [4.78, 5) is 3.94. The first-order valence-corrected chi connectivity index (χ1v) is 2.89. The molecule has 0 bridgehead atoms. The second kappa shape index (κ2) is 2.91. The zero-order valence-electron chi connectivity index (χ0n) is 5.40. The number of hydrogen-bond donors (Lipinski definition) is 0. The van der Waals surface area contributed by atoms with Crippen molar-refractivity contribution in [2.24, 2.45) is 4.99 Å². The molecule has 0 heterocycles. The number of aliphatic imine (C=N–C) groups is 1. The lowest BCUT2D eigenvalue weighted by atomic mass is 10.1. The van der Waals surface area contributed by atoms with E-state index >= 15 is 0 Å². The highest BCUT2D eigenvalue weighted by molar-refractivity contribution is 6.28. The molecule has 0 aromatic heterocycles. The van der Waals surface area contributed by atoms with Gasteiger partial charge in [0.2, 0.25) is 0 Å². The van der Waals surface area contributed by atoms with Crippen LogP contribution in [0.2, 0.25) is 0 Å². The van der Waals surface area contributed by atoms with Gasteiger partial charge in [-0.15, -0.1) is 0 Å². The number of nitrogens with zero attached hydrogens (tertiary/aromatic N) is 1. The first-order valence-electron chi connectivity index (χ1n) is 2.45. The summed E-state index contributed by atoms with van der Waals surface area (Å²) in [6.07, 6.45) is 0. The molecule has 0 aromatic rings. The standard InChI is InChI=1S/C6H10ClN/c1-6(2,3)8-5-4-7/h4H,1-3H3. The van der Waals surface area contributed by atoms with Crippen LogP contribution in [0.25, 0.3) is 0 Å². The fourth-order valence-corrected chi connectivity index (χ4v) is 0.267. The number of halogens is 1. The van der Waals surface area contributed by atoms with Crippen LogP contribution in [0, 0.1) is 0 Å². The molecule has 0 amide bonds. The molecule has 2 heteroatoms. The van der Waals surface area contributed by atoms with E-state index in [9.17, 15) is 0 Å². The van der Waals surface area contributed by atoms with E-state index in [2.05, 4.69) is 10.9 Å². The van der Waals surface area contributed by atoms with Crippen molar-refractivity contribution in [3.63, 3.8) is 0 Å². The quantitative estimate of drug-likeness (QED) is 0.447. The zero-order valence-corrected chi connectivity index (χ0v) is 6.16. The van der Waals surface area contributed by atoms with Crippen molar-refractivity contribution in [2.45, 2.75) is 26.3 Å². The second-order valence-electron chi connectivity index (χ2n) is 2.52. The molecular weight excluding hydrogens is 122 g/mol. The van der Waals surface area contributed by atoms with E-state index in [1.54, 1.807) is 0 Å². The lowest BCUT2D eigenvalue weighted by Crippen LogP contribution is -2.07. The van der Waals surface area contributed by atoms with E-state index in [0.29, 0.717) is 0 Å². The summed E-state index contributed by atoms with van der Waals surface area (Å²) >= 11 is 5.18. The maximum absolute atomic E-state index is 5.18. The molecule has 0 atom stereocenters. The Hall–Kier alpha value is -0.260. The van der Waals surface area contributed by atoms with Crippen molar-refractivity contribution in [3.05, 3.63) is 5.54 Å². The summed E-state index contributed by atoms with van der Waals surface area (Å²) in [6, 6.07) is 0. The Bertz CT molecular complexity index is 115. The number of rotatable bonds is 0. The average molecular weight is 132 g/mol. The summed E-state index contributed by atoms with van der Waals surface area (Å²) in [5.41, 5.74) is 1.23. The minimum atomic E-state index is -0.0502. The molecule has 0 aliphatic rings. The van der Waals surface area contributed by atoms with Gasteiger partial charge in [-0.25, -0.2) is 4.99 Å². The highest BCUT2D eigenvalue weighted by Crippen LogP contribution is 2.03. The molecule has 0 aliphatic carbocycles. The van der Waals surface area contributed by atoms with Gasteiger partial charge in [0, 0.05) is 0 Å². The molecule has 0 radical (unpaired) electrons. The van der Waals surface area contributed by atoms with Gasteiger partial charge >= 0.3 is 0 Å². The highest BCUT2D eigenvalue weighted by Gasteiger charge is 2.03. The van der Waals surface area contributed by atoms with Gasteiger partial charge in [-0.05, 0) is 26.6 Å². The van der Waals surface area contributed by atoms with Crippen molar-refractivity contribution < 1.29 is 0 Å². The van der Waals surface area contributed by atoms with Gasteiger partial charge in [-0.1, -0.05) is 11.6 Å². The fraction of sp³-hybridized carbons (Fsp3) is 0.667. The van der Waals surface area contributed by atoms with Gasteiger partial charge in [0.15, 0.2) is 0 Å². The summed E-state index contributed by atoms with van der Waals surface area (Å²) in [7, 11) is 0. The van der Waals surface area contributed by atoms with E-state index in [0.717, 1.165) is 0 Å². The summed E-state index contributed by atoms with van der Waals surface area (Å²) in [5.74, 6) is 2.55. The van der Waals surface area contributed by atoms with Crippen molar-refractivity contribution in [1.82, 2.24) is 0 Å². The van der Waals surface area contributed by atoms with Crippen LogP contribution in [0.4, 0.5) is 0 Å². The van der Waals surface area contributed by atoms with Crippen LogP contribution >= 0.6 is 11.6 Å². The van der Waals surface area contributed by atoms with Crippen molar-refractivity contribution >= 4 is 17.5 Å². The monoisotopic (exact) mass is 131 g/mol. The van der Waals surface area contributed by atoms with Crippen LogP contribution in [-0.2, 0) is 0 Å². The lowest BCUT2D eigenvalue weighted by molar-refractivity contribution is 0.588. The van der Waals surface area contributed by atoms with E-state index < -0.39 is 0 Å². The molecule has 0 spiro atoms. The predicted molar refractivity (Wildman–Crippen MR) is 37.6 cm³/mol. The molecular formula is C6H10ClN. The SMILES string of the molecule is CC(C)(C)N=C=CCl. The molecule has 0 N–H and O–H groups in total. The second-order valence-corrected chi connectivity index (χ2v) is 2.74. The van der Waals surface area contributed by atoms with Crippen LogP contribution in [-0.4, -0.2) is 11.4 Å². The fourth-order valence-electron chi connectivity index (χ4n) is 0.218. The van der Waals surface area contributed by atoms with E-state index in [-0.39, 0.29) is 5.54 Å². The Balaban J connectivity index is 3.89. The van der Waals surface area contributed by atoms with Gasteiger partial charge in [0.25, 0.3) is 0 Å². The molecule has 46 valence electrons. The van der Waals surface area contributed by atoms with E-state index in [1.807, 2.05) is 20.8 Å². The van der Waals surface area contributed by atoms with Crippen LogP contribution in [0.3, 0.4) is 0 Å². The summed E-state index contributed by atoms with van der Waals surface area (Å²) in [5, 5.41) is 0. The first-order chi connectivity index (χ1) is 3.56. The average Bonchev–Trinajstić information content (AvgIpc) is 1.59. The minimum Gasteiger partial charge on any atom is -0.236 e. The molecule has 0 saturated heterocycles. The Morgan fingerprint density at radius 2 is 2.00 bits per heavy atom. The molecule has 0 rings (SSSR count). The van der Waals surface area contributed by atoms with Crippen molar-refractivity contribution in [1.29, 1.82) is 0 Å². The predicted octanol–water partition coefficient (Wildman–Crippen LogP) is 2.21. The maximum Gasteiger partial charge on any atom is 0.0654 e. The van der Waals surface area contributed by atoms with Gasteiger partial charge in [0.05, 0.1) is 11.1 Å². The molecule has 0 aliphatic heterocycles. The van der Waals surface area contributed by atoms with Gasteiger partial charge < -0.3 is 0 Å². The topological polar surface area (TPSA) is 12.4 Å². The third-order valence-electron chi connectivity index (χ3n) is 0.449. The van der Waals surface area contributed by atoms with Crippen LogP contribution in [0.1, 0.15) is 20.8 Å². The molecule has 8 heavy (non-hydrogen) atoms. The third kappa shape index (κ3) is 5.74. The zero-order chi connectivity index (χ0) is 6.62. The van der Waals surface area contributed by atoms with E-state index in [1.165, 1.54) is 5.54 Å². The van der Waals surface area contributed by atoms with Crippen LogP contribution < -0.4 is 0 Å². The smallest absolute Gasteiger partial charge is 0.0654 e. The Morgan fingerprint density at radius 3 is 2.12 bits per heavy atom. The minimum absolute atomic E-state index is 0.0502. The molecule has 1 nitrogen and oxygen atoms in total. The maximum atomic E-state index is 5.18. The van der Waals surface area contributed by atoms with Crippen molar-refractivity contribution in [3.8, 4) is 0 Å². The normalized spacial score (nSPS) is 10.0. The van der Waals surface area contributed by atoms with E-state index in [4.69, 9.17) is 11.6 Å². The van der Waals surface area contributed by atoms with Gasteiger partial charge in [-0.2, -0.15) is 0 Å². The van der Waals surface area contributed by atoms with Crippen LogP contribution in [0.5, 0.6) is 0 Å². The number of hydrogen-bond acceptors (Lipinski definition) is 1. The molecule has 0 fully saturated rings. The molecule has 0 saturated carbocycles. The Morgan fingerprint density at radius 1 is 1.50 bits per heavy atom. The largest absolute Gasteiger partial charge is 0.236 e. The van der Waals surface area contributed by atoms with Crippen LogP contribution in [0.15, 0.2) is 10.5 Å². The Labute approximate surface area is 55.1 Å². The summed E-state index contributed by atoms with van der Waals surface area (Å²) < 4.78 is 0. The van der Waals surface area contributed by atoms with Gasteiger partial charge in [0.1, 0.15) is 0 Å². The highest BCUT2D eigenvalue weighted by atomic mass is 35.5. The third-order valence-corrected chi connectivity index (χ3v) is 0.546. The lowest BCUT2D eigenvalue weighted by Gasteiger charge is -2.06. The summed E-state index contributed by atoms with van der Waals surface area (Å²) in [6.45, 7) is 5.96. The molecule has 0 unspecified atom stereocenters. The first kappa shape index (κ1) is 7.74.